The van der Waals surface area contributed by atoms with Crippen molar-refractivity contribution in [2.75, 3.05) is 5.32 Å². The van der Waals surface area contributed by atoms with Crippen LogP contribution in [0.2, 0.25) is 0 Å². The minimum absolute atomic E-state index is 0.0119. The Balaban J connectivity index is 1.77. The van der Waals surface area contributed by atoms with Crippen molar-refractivity contribution in [2.45, 2.75) is 12.6 Å². The van der Waals surface area contributed by atoms with Crippen LogP contribution in [0.15, 0.2) is 47.2 Å². The van der Waals surface area contributed by atoms with Crippen LogP contribution in [-0.2, 0) is 11.3 Å². The van der Waals surface area contributed by atoms with E-state index in [2.05, 4.69) is 31.5 Å². The highest BCUT2D eigenvalue weighted by Gasteiger charge is 2.29. The van der Waals surface area contributed by atoms with Gasteiger partial charge in [-0.25, -0.2) is 0 Å². The molecule has 96 valence electrons. The number of pyridine rings is 1. The number of nitrogens with zero attached hydrogens (tertiary/aromatic N) is 1. The van der Waals surface area contributed by atoms with Crippen molar-refractivity contribution in [3.05, 3.63) is 58.3 Å². The van der Waals surface area contributed by atoms with Crippen LogP contribution in [0.3, 0.4) is 0 Å². The van der Waals surface area contributed by atoms with Gasteiger partial charge >= 0.3 is 0 Å². The van der Waals surface area contributed by atoms with E-state index < -0.39 is 0 Å². The Bertz CT molecular complexity index is 615. The summed E-state index contributed by atoms with van der Waals surface area (Å²) in [6.07, 6.45) is 3.49. The quantitative estimate of drug-likeness (QED) is 0.915. The fraction of sp³-hybridized carbons (Fsp3) is 0.143. The maximum atomic E-state index is 12.0. The fourth-order valence-electron chi connectivity index (χ4n) is 2.16. The van der Waals surface area contributed by atoms with Crippen molar-refractivity contribution in [2.24, 2.45) is 0 Å². The lowest BCUT2D eigenvalue weighted by Crippen LogP contribution is -2.27. The maximum Gasteiger partial charge on any atom is 0.246 e. The van der Waals surface area contributed by atoms with Crippen LogP contribution in [0.5, 0.6) is 0 Å². The van der Waals surface area contributed by atoms with Crippen LogP contribution in [0.4, 0.5) is 5.69 Å². The lowest BCUT2D eigenvalue weighted by Gasteiger charge is -2.11. The Morgan fingerprint density at radius 1 is 1.26 bits per heavy atom. The Hall–Kier alpha value is -1.72. The molecule has 0 saturated heterocycles. The van der Waals surface area contributed by atoms with Crippen molar-refractivity contribution in [3.8, 4) is 0 Å². The minimum atomic E-state index is -0.295. The molecule has 0 radical (unpaired) electrons. The molecule has 0 saturated carbocycles. The van der Waals surface area contributed by atoms with Crippen LogP contribution in [0, 0.1) is 0 Å². The summed E-state index contributed by atoms with van der Waals surface area (Å²) < 4.78 is 0.960. The van der Waals surface area contributed by atoms with Crippen LogP contribution in [0.1, 0.15) is 17.2 Å². The third-order valence-electron chi connectivity index (χ3n) is 3.11. The minimum Gasteiger partial charge on any atom is -0.324 e. The van der Waals surface area contributed by atoms with Crippen molar-refractivity contribution in [1.82, 2.24) is 10.3 Å². The van der Waals surface area contributed by atoms with E-state index in [0.717, 1.165) is 21.3 Å². The van der Waals surface area contributed by atoms with Gasteiger partial charge in [-0.15, -0.1) is 0 Å². The Morgan fingerprint density at radius 2 is 2.05 bits per heavy atom. The van der Waals surface area contributed by atoms with Crippen molar-refractivity contribution < 1.29 is 4.79 Å². The third kappa shape index (κ3) is 2.52. The van der Waals surface area contributed by atoms with E-state index in [4.69, 9.17) is 0 Å². The van der Waals surface area contributed by atoms with E-state index in [9.17, 15) is 4.79 Å². The van der Waals surface area contributed by atoms with Crippen LogP contribution in [0.25, 0.3) is 0 Å². The number of amides is 1. The number of carbonyl (C=O) groups is 1. The van der Waals surface area contributed by atoms with Gasteiger partial charge in [0, 0.05) is 34.7 Å². The number of nitrogens with one attached hydrogen (secondary N) is 2. The molecule has 1 aliphatic heterocycles. The summed E-state index contributed by atoms with van der Waals surface area (Å²) in [5, 5.41) is 6.15. The number of hydrogen-bond acceptors (Lipinski definition) is 3. The van der Waals surface area contributed by atoms with E-state index in [1.54, 1.807) is 12.4 Å². The first-order valence-electron chi connectivity index (χ1n) is 5.96. The molecular formula is C14H12BrN3O. The SMILES string of the molecule is O=C1Nc2cc(Br)ccc2C1NCc1ccncc1. The molecule has 1 aliphatic rings. The van der Waals surface area contributed by atoms with E-state index in [-0.39, 0.29) is 11.9 Å². The first-order valence-corrected chi connectivity index (χ1v) is 6.76. The van der Waals surface area contributed by atoms with Gasteiger partial charge in [-0.3, -0.25) is 15.1 Å². The average Bonchev–Trinajstić information content (AvgIpc) is 2.72. The summed E-state index contributed by atoms with van der Waals surface area (Å²) in [4.78, 5) is 15.9. The van der Waals surface area contributed by atoms with Crippen molar-refractivity contribution >= 4 is 27.5 Å². The second-order valence-corrected chi connectivity index (χ2v) is 5.31. The topological polar surface area (TPSA) is 54.0 Å². The Morgan fingerprint density at radius 3 is 2.84 bits per heavy atom. The highest BCUT2D eigenvalue weighted by Crippen LogP contribution is 2.33. The number of anilines is 1. The van der Waals surface area contributed by atoms with Gasteiger partial charge in [0.25, 0.3) is 0 Å². The largest absolute Gasteiger partial charge is 0.324 e. The highest BCUT2D eigenvalue weighted by molar-refractivity contribution is 9.10. The van der Waals surface area contributed by atoms with Gasteiger partial charge in [-0.2, -0.15) is 0 Å². The Labute approximate surface area is 119 Å². The van der Waals surface area contributed by atoms with Crippen LogP contribution < -0.4 is 10.6 Å². The third-order valence-corrected chi connectivity index (χ3v) is 3.60. The molecule has 1 aromatic heterocycles. The van der Waals surface area contributed by atoms with Gasteiger partial charge in [0.05, 0.1) is 0 Å². The maximum absolute atomic E-state index is 12.0. The smallest absolute Gasteiger partial charge is 0.246 e. The van der Waals surface area contributed by atoms with Gasteiger partial charge in [0.2, 0.25) is 5.91 Å². The summed E-state index contributed by atoms with van der Waals surface area (Å²) >= 11 is 3.40. The Kier molecular flexibility index (Phi) is 3.31. The van der Waals surface area contributed by atoms with E-state index in [1.807, 2.05) is 30.3 Å². The van der Waals surface area contributed by atoms with Gasteiger partial charge < -0.3 is 5.32 Å². The standard InChI is InChI=1S/C14H12BrN3O/c15-10-1-2-11-12(7-10)18-14(19)13(11)17-8-9-3-5-16-6-4-9/h1-7,13,17H,8H2,(H,18,19). The van der Waals surface area contributed by atoms with Gasteiger partial charge in [0.1, 0.15) is 6.04 Å². The number of carbonyl (C=O) groups excluding carboxylic acids is 1. The van der Waals surface area contributed by atoms with Crippen molar-refractivity contribution in [1.29, 1.82) is 0 Å². The molecule has 2 N–H and O–H groups in total. The zero-order valence-corrected chi connectivity index (χ0v) is 11.6. The molecule has 0 spiro atoms. The van der Waals surface area contributed by atoms with Crippen LogP contribution >= 0.6 is 15.9 Å². The molecule has 0 fully saturated rings. The number of fused-ring (bicyclic) bond motifs is 1. The van der Waals surface area contributed by atoms with E-state index in [1.165, 1.54) is 0 Å². The molecule has 1 unspecified atom stereocenters. The predicted octanol–water partition coefficient (Wildman–Crippen LogP) is 2.63. The van der Waals surface area contributed by atoms with E-state index >= 15 is 0 Å². The second-order valence-electron chi connectivity index (χ2n) is 4.39. The number of benzene rings is 1. The monoisotopic (exact) mass is 317 g/mol. The molecule has 5 heteroatoms. The number of hydrogen-bond donors (Lipinski definition) is 2. The summed E-state index contributed by atoms with van der Waals surface area (Å²) in [5.74, 6) is -0.0119. The number of halogens is 1. The predicted molar refractivity (Wildman–Crippen MR) is 76.6 cm³/mol. The zero-order valence-electron chi connectivity index (χ0n) is 10.1. The summed E-state index contributed by atoms with van der Waals surface area (Å²) in [6, 6.07) is 9.39. The molecule has 2 heterocycles. The molecule has 1 aromatic carbocycles. The van der Waals surface area contributed by atoms with Crippen molar-refractivity contribution in [3.63, 3.8) is 0 Å². The molecule has 1 amide bonds. The van der Waals surface area contributed by atoms with Gasteiger partial charge in [0.15, 0.2) is 0 Å². The average molecular weight is 318 g/mol. The summed E-state index contributed by atoms with van der Waals surface area (Å²) in [5.41, 5.74) is 2.96. The molecule has 3 rings (SSSR count). The number of aromatic nitrogens is 1. The first kappa shape index (κ1) is 12.3. The zero-order chi connectivity index (χ0) is 13.2. The lowest BCUT2D eigenvalue weighted by molar-refractivity contribution is -0.117. The molecular weight excluding hydrogens is 306 g/mol. The molecule has 4 nitrogen and oxygen atoms in total. The highest BCUT2D eigenvalue weighted by atomic mass is 79.9. The molecule has 19 heavy (non-hydrogen) atoms. The molecule has 0 bridgehead atoms. The summed E-state index contributed by atoms with van der Waals surface area (Å²) in [6.45, 7) is 0.635. The summed E-state index contributed by atoms with van der Waals surface area (Å²) in [7, 11) is 0. The molecule has 1 atom stereocenters. The van der Waals surface area contributed by atoms with Crippen LogP contribution in [-0.4, -0.2) is 10.9 Å². The normalized spacial score (nSPS) is 17.1. The molecule has 0 aliphatic carbocycles. The van der Waals surface area contributed by atoms with Gasteiger partial charge in [-0.05, 0) is 29.8 Å². The first-order chi connectivity index (χ1) is 9.24. The van der Waals surface area contributed by atoms with Gasteiger partial charge in [-0.1, -0.05) is 22.0 Å². The fourth-order valence-corrected chi connectivity index (χ4v) is 2.52. The molecule has 2 aromatic rings. The second kappa shape index (κ2) is 5.11. The van der Waals surface area contributed by atoms with E-state index in [0.29, 0.717) is 6.54 Å². The number of rotatable bonds is 3. The lowest BCUT2D eigenvalue weighted by atomic mass is 10.1.